The van der Waals surface area contributed by atoms with E-state index in [2.05, 4.69) is 38.2 Å². The Morgan fingerprint density at radius 3 is 2.43 bits per heavy atom. The van der Waals surface area contributed by atoms with E-state index < -0.39 is 0 Å². The average molecular weight is 290 g/mol. The number of nitrogens with zero attached hydrogens (tertiary/aromatic N) is 1. The summed E-state index contributed by atoms with van der Waals surface area (Å²) in [4.78, 5) is 14.3. The monoisotopic (exact) mass is 290 g/mol. The molecule has 4 heteroatoms. The van der Waals surface area contributed by atoms with E-state index in [1.54, 1.807) is 0 Å². The molecular formula is C17H26N2O2. The summed E-state index contributed by atoms with van der Waals surface area (Å²) in [6.45, 7) is 9.75. The van der Waals surface area contributed by atoms with Crippen molar-refractivity contribution in [2.24, 2.45) is 0 Å². The summed E-state index contributed by atoms with van der Waals surface area (Å²) in [5.74, 6) is -0.0207. The lowest BCUT2D eigenvalue weighted by Gasteiger charge is -2.23. The molecule has 2 rings (SSSR count). The van der Waals surface area contributed by atoms with Crippen LogP contribution in [0.3, 0.4) is 0 Å². The van der Waals surface area contributed by atoms with Gasteiger partial charge in [-0.05, 0) is 36.5 Å². The highest BCUT2D eigenvalue weighted by Gasteiger charge is 2.28. The zero-order valence-corrected chi connectivity index (χ0v) is 13.4. The molecule has 1 aromatic rings. The zero-order valence-electron chi connectivity index (χ0n) is 13.4. The lowest BCUT2D eigenvalue weighted by Crippen LogP contribution is -2.41. The van der Waals surface area contributed by atoms with E-state index in [9.17, 15) is 9.90 Å². The number of aliphatic hydroxyl groups excluding tert-OH is 1. The second-order valence-corrected chi connectivity index (χ2v) is 6.93. The van der Waals surface area contributed by atoms with E-state index >= 15 is 0 Å². The Balaban J connectivity index is 1.96. The largest absolute Gasteiger partial charge is 0.392 e. The second-order valence-electron chi connectivity index (χ2n) is 6.93. The normalized spacial score (nSPS) is 21.3. The molecular weight excluding hydrogens is 264 g/mol. The molecule has 0 saturated carbocycles. The van der Waals surface area contributed by atoms with Crippen LogP contribution in [-0.4, -0.2) is 41.1 Å². The smallest absolute Gasteiger partial charge is 0.241 e. The molecule has 0 aromatic heterocycles. The summed E-state index contributed by atoms with van der Waals surface area (Å²) in [6, 6.07) is 7.79. The number of rotatable bonds is 3. The number of carbonyl (C=O) groups is 1. The SMILES string of the molecule is CC(C(=O)Nc1ccc(C(C)(C)C)cc1)N1CC[C@H](O)C1. The summed E-state index contributed by atoms with van der Waals surface area (Å²) in [7, 11) is 0. The minimum atomic E-state index is -0.300. The van der Waals surface area contributed by atoms with Crippen molar-refractivity contribution in [2.45, 2.75) is 51.7 Å². The molecule has 1 unspecified atom stereocenters. The molecule has 0 spiro atoms. The molecule has 1 saturated heterocycles. The van der Waals surface area contributed by atoms with E-state index in [1.165, 1.54) is 5.56 Å². The third kappa shape index (κ3) is 4.05. The number of hydrogen-bond donors (Lipinski definition) is 2. The third-order valence-electron chi connectivity index (χ3n) is 4.14. The van der Waals surface area contributed by atoms with Gasteiger partial charge in [0, 0.05) is 18.8 Å². The van der Waals surface area contributed by atoms with Gasteiger partial charge in [-0.2, -0.15) is 0 Å². The molecule has 1 amide bonds. The van der Waals surface area contributed by atoms with Crippen molar-refractivity contribution < 1.29 is 9.90 Å². The molecule has 2 N–H and O–H groups in total. The third-order valence-corrected chi connectivity index (χ3v) is 4.14. The number of anilines is 1. The van der Waals surface area contributed by atoms with Crippen molar-refractivity contribution in [3.8, 4) is 0 Å². The Bertz CT molecular complexity index is 491. The van der Waals surface area contributed by atoms with Crippen LogP contribution >= 0.6 is 0 Å². The van der Waals surface area contributed by atoms with Gasteiger partial charge in [-0.3, -0.25) is 9.69 Å². The van der Waals surface area contributed by atoms with Crippen molar-refractivity contribution in [2.75, 3.05) is 18.4 Å². The van der Waals surface area contributed by atoms with Crippen molar-refractivity contribution in [1.82, 2.24) is 4.90 Å². The fourth-order valence-electron chi connectivity index (χ4n) is 2.59. The molecule has 0 aliphatic carbocycles. The van der Waals surface area contributed by atoms with Crippen LogP contribution in [0.15, 0.2) is 24.3 Å². The van der Waals surface area contributed by atoms with Crippen LogP contribution in [0.25, 0.3) is 0 Å². The van der Waals surface area contributed by atoms with E-state index in [4.69, 9.17) is 0 Å². The quantitative estimate of drug-likeness (QED) is 0.898. The van der Waals surface area contributed by atoms with Crippen LogP contribution in [0.5, 0.6) is 0 Å². The molecule has 1 aromatic carbocycles. The number of nitrogens with one attached hydrogen (secondary N) is 1. The molecule has 4 nitrogen and oxygen atoms in total. The summed E-state index contributed by atoms with van der Waals surface area (Å²) in [5, 5.41) is 12.5. The number of hydrogen-bond acceptors (Lipinski definition) is 3. The molecule has 1 heterocycles. The summed E-state index contributed by atoms with van der Waals surface area (Å²) >= 11 is 0. The average Bonchev–Trinajstić information content (AvgIpc) is 2.84. The van der Waals surface area contributed by atoms with Crippen molar-refractivity contribution in [3.05, 3.63) is 29.8 Å². The van der Waals surface area contributed by atoms with Gasteiger partial charge in [0.05, 0.1) is 12.1 Å². The van der Waals surface area contributed by atoms with Gasteiger partial charge >= 0.3 is 0 Å². The van der Waals surface area contributed by atoms with Crippen LogP contribution in [0.2, 0.25) is 0 Å². The molecule has 0 bridgehead atoms. The van der Waals surface area contributed by atoms with Crippen molar-refractivity contribution >= 4 is 11.6 Å². The van der Waals surface area contributed by atoms with Gasteiger partial charge in [-0.25, -0.2) is 0 Å². The Hall–Kier alpha value is -1.39. The molecule has 2 atom stereocenters. The highest BCUT2D eigenvalue weighted by molar-refractivity contribution is 5.94. The maximum absolute atomic E-state index is 12.3. The van der Waals surface area contributed by atoms with Crippen LogP contribution in [0.1, 0.15) is 39.7 Å². The number of β-amino-alcohol motifs (C(OH)–C–C–N with tert-alkyl or cyclic N) is 1. The molecule has 1 fully saturated rings. The van der Waals surface area contributed by atoms with E-state index in [-0.39, 0.29) is 23.5 Å². The van der Waals surface area contributed by atoms with Crippen LogP contribution in [0.4, 0.5) is 5.69 Å². The highest BCUT2D eigenvalue weighted by atomic mass is 16.3. The van der Waals surface area contributed by atoms with Gasteiger partial charge in [0.2, 0.25) is 5.91 Å². The van der Waals surface area contributed by atoms with Gasteiger partial charge < -0.3 is 10.4 Å². The molecule has 116 valence electrons. The maximum Gasteiger partial charge on any atom is 0.241 e. The lowest BCUT2D eigenvalue weighted by molar-refractivity contribution is -0.120. The molecule has 0 radical (unpaired) electrons. The number of likely N-dealkylation sites (tertiary alicyclic amines) is 1. The van der Waals surface area contributed by atoms with Crippen molar-refractivity contribution in [3.63, 3.8) is 0 Å². The molecule has 1 aliphatic heterocycles. The summed E-state index contributed by atoms with van der Waals surface area (Å²) < 4.78 is 0. The predicted molar refractivity (Wildman–Crippen MR) is 85.4 cm³/mol. The highest BCUT2D eigenvalue weighted by Crippen LogP contribution is 2.23. The topological polar surface area (TPSA) is 52.6 Å². The van der Waals surface area contributed by atoms with Crippen molar-refractivity contribution in [1.29, 1.82) is 0 Å². The van der Waals surface area contributed by atoms with Crippen LogP contribution in [0, 0.1) is 0 Å². The van der Waals surface area contributed by atoms with Crippen LogP contribution < -0.4 is 5.32 Å². The Morgan fingerprint density at radius 2 is 1.95 bits per heavy atom. The first-order valence-corrected chi connectivity index (χ1v) is 7.61. The van der Waals surface area contributed by atoms with E-state index in [0.717, 1.165) is 18.7 Å². The predicted octanol–water partition coefficient (Wildman–Crippen LogP) is 2.38. The number of benzene rings is 1. The lowest BCUT2D eigenvalue weighted by atomic mass is 9.87. The van der Waals surface area contributed by atoms with Gasteiger partial charge in [0.1, 0.15) is 0 Å². The minimum absolute atomic E-state index is 0.0207. The minimum Gasteiger partial charge on any atom is -0.392 e. The first-order valence-electron chi connectivity index (χ1n) is 7.61. The van der Waals surface area contributed by atoms with Gasteiger partial charge in [-0.15, -0.1) is 0 Å². The summed E-state index contributed by atoms with van der Waals surface area (Å²) in [6.07, 6.45) is 0.448. The standard InChI is InChI=1S/C17H26N2O2/c1-12(19-10-9-15(20)11-19)16(21)18-14-7-5-13(6-8-14)17(2,3)4/h5-8,12,15,20H,9-11H2,1-4H3,(H,18,21)/t12?,15-/m0/s1. The number of aliphatic hydroxyl groups is 1. The first-order chi connectivity index (χ1) is 9.77. The van der Waals surface area contributed by atoms with Gasteiger partial charge in [0.25, 0.3) is 0 Å². The van der Waals surface area contributed by atoms with Crippen LogP contribution in [-0.2, 0) is 10.2 Å². The van der Waals surface area contributed by atoms with Gasteiger partial charge in [-0.1, -0.05) is 32.9 Å². The Labute approximate surface area is 127 Å². The number of amides is 1. The van der Waals surface area contributed by atoms with E-state index in [0.29, 0.717) is 6.54 Å². The zero-order chi connectivity index (χ0) is 15.6. The Kier molecular flexibility index (Phi) is 4.69. The number of carbonyl (C=O) groups excluding carboxylic acids is 1. The van der Waals surface area contributed by atoms with E-state index in [1.807, 2.05) is 24.0 Å². The Morgan fingerprint density at radius 1 is 1.33 bits per heavy atom. The maximum atomic E-state index is 12.3. The fraction of sp³-hybridized carbons (Fsp3) is 0.588. The first kappa shape index (κ1) is 16.0. The second kappa shape index (κ2) is 6.16. The van der Waals surface area contributed by atoms with Gasteiger partial charge in [0.15, 0.2) is 0 Å². The summed E-state index contributed by atoms with van der Waals surface area (Å²) in [5.41, 5.74) is 2.18. The molecule has 21 heavy (non-hydrogen) atoms. The molecule has 1 aliphatic rings. The fourth-order valence-corrected chi connectivity index (χ4v) is 2.59.